The first-order valence-corrected chi connectivity index (χ1v) is 12.2. The number of aryl methyl sites for hydroxylation is 1. The molecule has 5 rings (SSSR count). The summed E-state index contributed by atoms with van der Waals surface area (Å²) in [7, 11) is 0. The Morgan fingerprint density at radius 3 is 2.49 bits per heavy atom. The highest BCUT2D eigenvalue weighted by molar-refractivity contribution is 8.15. The normalized spacial score (nSPS) is 19.5. The lowest BCUT2D eigenvalue weighted by Gasteiger charge is -2.23. The second kappa shape index (κ2) is 9.84. The third-order valence-corrected chi connectivity index (χ3v) is 7.05. The molecule has 35 heavy (non-hydrogen) atoms. The standard InChI is InChI=1S/C27H23FN4O2S/c1-17-7-13-21(14-8-17)29-25(33)16-24-26(34)30-27(35-24)32-23(19-9-11-20(28)12-10-19)15-22(31-32)18-5-3-2-4-6-18/h2-14,23-24H,15-16H2,1H3,(H,29,33)/t23-,24-/m1/s1. The van der Waals surface area contributed by atoms with Crippen LogP contribution in [0.15, 0.2) is 89.0 Å². The fourth-order valence-electron chi connectivity index (χ4n) is 4.06. The van der Waals surface area contributed by atoms with Gasteiger partial charge >= 0.3 is 0 Å². The van der Waals surface area contributed by atoms with E-state index < -0.39 is 5.25 Å². The molecule has 0 unspecified atom stereocenters. The smallest absolute Gasteiger partial charge is 0.262 e. The van der Waals surface area contributed by atoms with Gasteiger partial charge in [0.2, 0.25) is 5.91 Å². The number of anilines is 1. The number of nitrogens with zero attached hydrogens (tertiary/aromatic N) is 3. The van der Waals surface area contributed by atoms with Crippen molar-refractivity contribution >= 4 is 40.1 Å². The molecule has 3 aromatic rings. The number of rotatable bonds is 5. The Kier molecular flexibility index (Phi) is 6.46. The highest BCUT2D eigenvalue weighted by atomic mass is 32.2. The van der Waals surface area contributed by atoms with Gasteiger partial charge in [-0.15, -0.1) is 0 Å². The van der Waals surface area contributed by atoms with Crippen LogP contribution in [0.1, 0.15) is 35.6 Å². The van der Waals surface area contributed by atoms with Crippen molar-refractivity contribution in [3.05, 3.63) is 101 Å². The van der Waals surface area contributed by atoms with Crippen LogP contribution < -0.4 is 5.32 Å². The summed E-state index contributed by atoms with van der Waals surface area (Å²) in [6, 6.07) is 23.3. The van der Waals surface area contributed by atoms with Gasteiger partial charge in [-0.3, -0.25) is 9.59 Å². The van der Waals surface area contributed by atoms with Crippen LogP contribution in [0.2, 0.25) is 0 Å². The Balaban J connectivity index is 1.34. The summed E-state index contributed by atoms with van der Waals surface area (Å²) in [4.78, 5) is 29.5. The Bertz CT molecular complexity index is 1310. The first kappa shape index (κ1) is 23.0. The van der Waals surface area contributed by atoms with E-state index in [-0.39, 0.29) is 30.1 Å². The second-order valence-corrected chi connectivity index (χ2v) is 9.66. The summed E-state index contributed by atoms with van der Waals surface area (Å²) < 4.78 is 13.6. The Hall–Kier alpha value is -3.78. The fraction of sp³-hybridized carbons (Fsp3) is 0.185. The van der Waals surface area contributed by atoms with Crippen LogP contribution >= 0.6 is 11.8 Å². The van der Waals surface area contributed by atoms with E-state index in [0.29, 0.717) is 17.3 Å². The molecule has 2 aliphatic heterocycles. The molecular formula is C27H23FN4O2S. The maximum Gasteiger partial charge on any atom is 0.262 e. The molecule has 0 radical (unpaired) electrons. The summed E-state index contributed by atoms with van der Waals surface area (Å²) in [5, 5.41) is 9.19. The first-order valence-electron chi connectivity index (χ1n) is 11.3. The zero-order valence-electron chi connectivity index (χ0n) is 19.0. The number of carbonyl (C=O) groups is 2. The molecule has 2 atom stereocenters. The van der Waals surface area contributed by atoms with Gasteiger partial charge in [-0.05, 0) is 42.3 Å². The van der Waals surface area contributed by atoms with Gasteiger partial charge in [0.25, 0.3) is 5.91 Å². The average Bonchev–Trinajstić information content (AvgIpc) is 3.46. The Labute approximate surface area is 207 Å². The average molecular weight is 487 g/mol. The number of hydrogen-bond acceptors (Lipinski definition) is 5. The number of amidine groups is 1. The number of carbonyl (C=O) groups excluding carboxylic acids is 2. The molecule has 8 heteroatoms. The van der Waals surface area contributed by atoms with Crippen LogP contribution in [0.25, 0.3) is 0 Å². The Morgan fingerprint density at radius 2 is 1.77 bits per heavy atom. The van der Waals surface area contributed by atoms with Crippen LogP contribution in [0.5, 0.6) is 0 Å². The number of benzene rings is 3. The molecule has 0 spiro atoms. The predicted octanol–water partition coefficient (Wildman–Crippen LogP) is 5.31. The summed E-state index contributed by atoms with van der Waals surface area (Å²) in [5.41, 5.74) is 4.49. The van der Waals surface area contributed by atoms with Crippen LogP contribution in [0.4, 0.5) is 10.1 Å². The van der Waals surface area contributed by atoms with Gasteiger partial charge in [0, 0.05) is 18.5 Å². The minimum atomic E-state index is -0.625. The van der Waals surface area contributed by atoms with Gasteiger partial charge in [0.1, 0.15) is 11.1 Å². The quantitative estimate of drug-likeness (QED) is 0.530. The topological polar surface area (TPSA) is 74.1 Å². The van der Waals surface area contributed by atoms with Gasteiger partial charge in [-0.2, -0.15) is 10.1 Å². The van der Waals surface area contributed by atoms with E-state index in [0.717, 1.165) is 22.4 Å². The van der Waals surface area contributed by atoms with E-state index in [4.69, 9.17) is 5.10 Å². The summed E-state index contributed by atoms with van der Waals surface area (Å²) >= 11 is 1.24. The third-order valence-electron chi connectivity index (χ3n) is 5.90. The lowest BCUT2D eigenvalue weighted by Crippen LogP contribution is -2.25. The molecule has 2 heterocycles. The van der Waals surface area contributed by atoms with Crippen molar-refractivity contribution in [3.63, 3.8) is 0 Å². The highest BCUT2D eigenvalue weighted by Crippen LogP contribution is 2.38. The van der Waals surface area contributed by atoms with Gasteiger partial charge < -0.3 is 5.32 Å². The first-order chi connectivity index (χ1) is 17.0. The molecule has 2 amide bonds. The SMILES string of the molecule is Cc1ccc(NC(=O)C[C@H]2SC(N3N=C(c4ccccc4)C[C@@H]3c3ccc(F)cc3)=NC2=O)cc1. The maximum atomic E-state index is 13.6. The van der Waals surface area contributed by atoms with Crippen LogP contribution in [-0.2, 0) is 9.59 Å². The number of aliphatic imine (C=N–C) groups is 1. The molecule has 6 nitrogen and oxygen atoms in total. The lowest BCUT2D eigenvalue weighted by atomic mass is 9.99. The van der Waals surface area contributed by atoms with Crippen molar-refractivity contribution in [2.75, 3.05) is 5.32 Å². The predicted molar refractivity (Wildman–Crippen MR) is 137 cm³/mol. The van der Waals surface area contributed by atoms with E-state index in [1.807, 2.05) is 61.5 Å². The number of halogens is 1. The van der Waals surface area contributed by atoms with Crippen molar-refractivity contribution in [2.45, 2.75) is 31.1 Å². The van der Waals surface area contributed by atoms with E-state index in [2.05, 4.69) is 10.3 Å². The van der Waals surface area contributed by atoms with E-state index in [1.165, 1.54) is 23.9 Å². The molecule has 3 aromatic carbocycles. The molecule has 0 saturated carbocycles. The molecule has 0 fully saturated rings. The molecule has 0 aliphatic carbocycles. The molecule has 176 valence electrons. The van der Waals surface area contributed by atoms with Gasteiger partial charge in [0.05, 0.1) is 11.8 Å². The zero-order chi connectivity index (χ0) is 24.4. The number of thioether (sulfide) groups is 1. The van der Waals surface area contributed by atoms with Crippen molar-refractivity contribution in [3.8, 4) is 0 Å². The van der Waals surface area contributed by atoms with Gasteiger partial charge in [-0.25, -0.2) is 9.40 Å². The molecule has 0 aromatic heterocycles. The molecule has 0 bridgehead atoms. The maximum absolute atomic E-state index is 13.6. The molecule has 0 saturated heterocycles. The summed E-state index contributed by atoms with van der Waals surface area (Å²) in [5.74, 6) is -0.920. The minimum Gasteiger partial charge on any atom is -0.326 e. The number of amides is 2. The van der Waals surface area contributed by atoms with Gasteiger partial charge in [-0.1, -0.05) is 71.9 Å². The highest BCUT2D eigenvalue weighted by Gasteiger charge is 2.39. The van der Waals surface area contributed by atoms with Crippen molar-refractivity contribution in [1.29, 1.82) is 0 Å². The number of nitrogens with one attached hydrogen (secondary N) is 1. The van der Waals surface area contributed by atoms with Crippen molar-refractivity contribution < 1.29 is 14.0 Å². The number of hydrogen-bond donors (Lipinski definition) is 1. The summed E-state index contributed by atoms with van der Waals surface area (Å²) in [6.45, 7) is 1.97. The number of hydrazone groups is 1. The minimum absolute atomic E-state index is 0.00862. The van der Waals surface area contributed by atoms with E-state index in [9.17, 15) is 14.0 Å². The third kappa shape index (κ3) is 5.17. The van der Waals surface area contributed by atoms with Gasteiger partial charge in [0.15, 0.2) is 5.17 Å². The van der Waals surface area contributed by atoms with E-state index in [1.54, 1.807) is 17.1 Å². The molecule has 1 N–H and O–H groups in total. The van der Waals surface area contributed by atoms with E-state index >= 15 is 0 Å². The fourth-order valence-corrected chi connectivity index (χ4v) is 5.12. The molecule has 2 aliphatic rings. The van der Waals surface area contributed by atoms with Crippen LogP contribution in [0.3, 0.4) is 0 Å². The lowest BCUT2D eigenvalue weighted by molar-refractivity contribution is -0.121. The molecular weight excluding hydrogens is 463 g/mol. The van der Waals surface area contributed by atoms with Crippen molar-refractivity contribution in [1.82, 2.24) is 5.01 Å². The van der Waals surface area contributed by atoms with Crippen LogP contribution in [-0.4, -0.2) is 33.0 Å². The summed E-state index contributed by atoms with van der Waals surface area (Å²) in [6.07, 6.45) is 0.594. The van der Waals surface area contributed by atoms with Crippen molar-refractivity contribution in [2.24, 2.45) is 10.1 Å². The largest absolute Gasteiger partial charge is 0.326 e. The van der Waals surface area contributed by atoms with Crippen LogP contribution in [0, 0.1) is 12.7 Å². The Morgan fingerprint density at radius 1 is 1.06 bits per heavy atom. The zero-order valence-corrected chi connectivity index (χ0v) is 19.8. The monoisotopic (exact) mass is 486 g/mol. The second-order valence-electron chi connectivity index (χ2n) is 8.49.